The fraction of sp³-hybridized carbons (Fsp3) is 0.941. The average molecular weight is 314 g/mol. The van der Waals surface area contributed by atoms with Crippen molar-refractivity contribution in [2.45, 2.75) is 78.2 Å². The molecule has 3 unspecified atom stereocenters. The normalized spacial score (nSPS) is 27.3. The van der Waals surface area contributed by atoms with Gasteiger partial charge in [-0.1, -0.05) is 6.92 Å². The van der Waals surface area contributed by atoms with Crippen molar-refractivity contribution in [1.29, 1.82) is 0 Å². The van der Waals surface area contributed by atoms with E-state index >= 15 is 0 Å². The molecule has 0 aromatic carbocycles. The molecule has 1 fully saturated rings. The van der Waals surface area contributed by atoms with Crippen LogP contribution in [0.2, 0.25) is 0 Å². The van der Waals surface area contributed by atoms with Gasteiger partial charge in [-0.3, -0.25) is 0 Å². The van der Waals surface area contributed by atoms with Crippen LogP contribution < -0.4 is 5.32 Å². The van der Waals surface area contributed by atoms with Crippen molar-refractivity contribution in [2.24, 2.45) is 5.92 Å². The number of nitrogens with zero attached hydrogens (tertiary/aromatic N) is 1. The molecule has 1 amide bonds. The van der Waals surface area contributed by atoms with E-state index < -0.39 is 5.60 Å². The van der Waals surface area contributed by atoms with Gasteiger partial charge in [0.25, 0.3) is 0 Å². The second kappa shape index (κ2) is 8.16. The predicted octanol–water partition coefficient (Wildman–Crippen LogP) is 3.04. The van der Waals surface area contributed by atoms with Crippen molar-refractivity contribution < 1.29 is 14.3 Å². The van der Waals surface area contributed by atoms with Crippen LogP contribution in [0.1, 0.15) is 54.4 Å². The SMILES string of the molecule is CC(CNC1CC(C)OC(C)C1)CN(C)C(=O)OC(C)(C)C. The lowest BCUT2D eigenvalue weighted by atomic mass is 9.99. The van der Waals surface area contributed by atoms with Crippen LogP contribution in [0.4, 0.5) is 4.79 Å². The highest BCUT2D eigenvalue weighted by molar-refractivity contribution is 5.67. The van der Waals surface area contributed by atoms with Crippen LogP contribution >= 0.6 is 0 Å². The van der Waals surface area contributed by atoms with E-state index in [4.69, 9.17) is 9.47 Å². The maximum Gasteiger partial charge on any atom is 0.410 e. The molecule has 22 heavy (non-hydrogen) atoms. The first-order chi connectivity index (χ1) is 10.1. The highest BCUT2D eigenvalue weighted by Crippen LogP contribution is 2.19. The van der Waals surface area contributed by atoms with Gasteiger partial charge >= 0.3 is 6.09 Å². The molecule has 1 aliphatic rings. The summed E-state index contributed by atoms with van der Waals surface area (Å²) in [5, 5.41) is 3.62. The molecule has 0 spiro atoms. The van der Waals surface area contributed by atoms with E-state index in [1.807, 2.05) is 20.8 Å². The fourth-order valence-electron chi connectivity index (χ4n) is 2.89. The summed E-state index contributed by atoms with van der Waals surface area (Å²) in [5.74, 6) is 0.381. The number of carbonyl (C=O) groups excluding carboxylic acids is 1. The van der Waals surface area contributed by atoms with E-state index in [0.29, 0.717) is 30.7 Å². The van der Waals surface area contributed by atoms with Gasteiger partial charge in [0.2, 0.25) is 0 Å². The molecule has 5 nitrogen and oxygen atoms in total. The molecule has 0 aromatic heterocycles. The summed E-state index contributed by atoms with van der Waals surface area (Å²) < 4.78 is 11.1. The fourth-order valence-corrected chi connectivity index (χ4v) is 2.89. The number of amides is 1. The molecule has 1 aliphatic heterocycles. The quantitative estimate of drug-likeness (QED) is 0.847. The first-order valence-corrected chi connectivity index (χ1v) is 8.39. The summed E-state index contributed by atoms with van der Waals surface area (Å²) in [6.45, 7) is 13.7. The van der Waals surface area contributed by atoms with E-state index in [1.54, 1.807) is 11.9 Å². The van der Waals surface area contributed by atoms with Crippen LogP contribution in [0.5, 0.6) is 0 Å². The number of carbonyl (C=O) groups is 1. The minimum absolute atomic E-state index is 0.257. The third kappa shape index (κ3) is 7.45. The topological polar surface area (TPSA) is 50.8 Å². The van der Waals surface area contributed by atoms with E-state index in [-0.39, 0.29) is 6.09 Å². The Hall–Kier alpha value is -0.810. The number of ether oxygens (including phenoxy) is 2. The zero-order valence-corrected chi connectivity index (χ0v) is 15.3. The summed E-state index contributed by atoms with van der Waals surface area (Å²) in [6, 6.07) is 0.507. The van der Waals surface area contributed by atoms with Crippen molar-refractivity contribution in [2.75, 3.05) is 20.1 Å². The molecule has 0 bridgehead atoms. The second-order valence-electron chi connectivity index (χ2n) is 7.80. The van der Waals surface area contributed by atoms with Crippen LogP contribution in [0.15, 0.2) is 0 Å². The molecule has 1 rings (SSSR count). The summed E-state index contributed by atoms with van der Waals surface area (Å²) in [6.07, 6.45) is 2.49. The maximum absolute atomic E-state index is 12.0. The molecule has 0 radical (unpaired) electrons. The van der Waals surface area contributed by atoms with E-state index in [0.717, 1.165) is 19.4 Å². The zero-order valence-electron chi connectivity index (χ0n) is 15.3. The van der Waals surface area contributed by atoms with Crippen LogP contribution in [0.3, 0.4) is 0 Å². The van der Waals surface area contributed by atoms with Crippen LogP contribution in [0.25, 0.3) is 0 Å². The third-order valence-electron chi connectivity index (χ3n) is 3.74. The smallest absolute Gasteiger partial charge is 0.410 e. The molecule has 0 saturated carbocycles. The Morgan fingerprint density at radius 3 is 2.36 bits per heavy atom. The third-order valence-corrected chi connectivity index (χ3v) is 3.74. The van der Waals surface area contributed by atoms with Crippen molar-refractivity contribution in [3.63, 3.8) is 0 Å². The Kier molecular flexibility index (Phi) is 7.13. The molecule has 1 saturated heterocycles. The summed E-state index contributed by atoms with van der Waals surface area (Å²) in [5.41, 5.74) is -0.443. The van der Waals surface area contributed by atoms with Crippen molar-refractivity contribution in [1.82, 2.24) is 10.2 Å². The number of hydrogen-bond acceptors (Lipinski definition) is 4. The van der Waals surface area contributed by atoms with Gasteiger partial charge in [-0.05, 0) is 59.9 Å². The molecule has 3 atom stereocenters. The first kappa shape index (κ1) is 19.2. The van der Waals surface area contributed by atoms with Crippen LogP contribution in [0, 0.1) is 5.92 Å². The molecule has 1 heterocycles. The summed E-state index contributed by atoms with van der Waals surface area (Å²) in [4.78, 5) is 13.6. The molecule has 130 valence electrons. The first-order valence-electron chi connectivity index (χ1n) is 8.39. The minimum atomic E-state index is -0.443. The monoisotopic (exact) mass is 314 g/mol. The zero-order chi connectivity index (χ0) is 16.9. The standard InChI is InChI=1S/C17H34N2O3/c1-12(11-19(7)16(20)22-17(4,5)6)10-18-15-8-13(2)21-14(3)9-15/h12-15,18H,8-11H2,1-7H3. The number of rotatable bonds is 5. The van der Waals surface area contributed by atoms with Crippen LogP contribution in [-0.2, 0) is 9.47 Å². The second-order valence-corrected chi connectivity index (χ2v) is 7.80. The Balaban J connectivity index is 2.30. The number of nitrogens with one attached hydrogen (secondary N) is 1. The highest BCUT2D eigenvalue weighted by atomic mass is 16.6. The van der Waals surface area contributed by atoms with E-state index in [9.17, 15) is 4.79 Å². The Bertz CT molecular complexity index is 344. The van der Waals surface area contributed by atoms with E-state index in [2.05, 4.69) is 26.1 Å². The predicted molar refractivity (Wildman–Crippen MR) is 89.1 cm³/mol. The lowest BCUT2D eigenvalue weighted by molar-refractivity contribution is -0.0424. The van der Waals surface area contributed by atoms with Gasteiger partial charge in [0.05, 0.1) is 12.2 Å². The molecule has 5 heteroatoms. The largest absolute Gasteiger partial charge is 0.444 e. The minimum Gasteiger partial charge on any atom is -0.444 e. The van der Waals surface area contributed by atoms with Crippen molar-refractivity contribution >= 4 is 6.09 Å². The van der Waals surface area contributed by atoms with Gasteiger partial charge in [-0.25, -0.2) is 4.79 Å². The van der Waals surface area contributed by atoms with Gasteiger partial charge in [-0.15, -0.1) is 0 Å². The van der Waals surface area contributed by atoms with Gasteiger partial charge in [0, 0.05) is 19.6 Å². The highest BCUT2D eigenvalue weighted by Gasteiger charge is 2.25. The lowest BCUT2D eigenvalue weighted by Gasteiger charge is -2.33. The van der Waals surface area contributed by atoms with Crippen LogP contribution in [-0.4, -0.2) is 55.0 Å². The molecule has 1 N–H and O–H groups in total. The molecular formula is C17H34N2O3. The molecular weight excluding hydrogens is 280 g/mol. The summed E-state index contributed by atoms with van der Waals surface area (Å²) in [7, 11) is 1.79. The Labute approximate surface area is 135 Å². The van der Waals surface area contributed by atoms with Crippen molar-refractivity contribution in [3.05, 3.63) is 0 Å². The van der Waals surface area contributed by atoms with Gasteiger partial charge in [0.1, 0.15) is 5.60 Å². The molecule has 0 aliphatic carbocycles. The number of hydrogen-bond donors (Lipinski definition) is 1. The van der Waals surface area contributed by atoms with Gasteiger partial charge < -0.3 is 19.7 Å². The van der Waals surface area contributed by atoms with E-state index in [1.165, 1.54) is 0 Å². The summed E-state index contributed by atoms with van der Waals surface area (Å²) >= 11 is 0. The van der Waals surface area contributed by atoms with Crippen molar-refractivity contribution in [3.8, 4) is 0 Å². The maximum atomic E-state index is 12.0. The average Bonchev–Trinajstić information content (AvgIpc) is 2.33. The molecule has 0 aromatic rings. The Morgan fingerprint density at radius 2 is 1.86 bits per heavy atom. The Morgan fingerprint density at radius 1 is 1.32 bits per heavy atom. The lowest BCUT2D eigenvalue weighted by Crippen LogP contribution is -2.44. The van der Waals surface area contributed by atoms with Gasteiger partial charge in [-0.2, -0.15) is 0 Å². The van der Waals surface area contributed by atoms with Gasteiger partial charge in [0.15, 0.2) is 0 Å².